The van der Waals surface area contributed by atoms with E-state index < -0.39 is 0 Å². The van der Waals surface area contributed by atoms with Crippen molar-refractivity contribution in [3.63, 3.8) is 0 Å². The maximum Gasteiger partial charge on any atom is 0.161 e. The number of hydrogen-bond donors (Lipinski definition) is 1. The van der Waals surface area contributed by atoms with Crippen molar-refractivity contribution >= 4 is 5.78 Å². The van der Waals surface area contributed by atoms with Crippen LogP contribution in [-0.4, -0.2) is 26.1 Å². The Morgan fingerprint density at radius 2 is 1.85 bits per heavy atom. The summed E-state index contributed by atoms with van der Waals surface area (Å²) in [6, 6.07) is 11.8. The predicted octanol–water partition coefficient (Wildman–Crippen LogP) is 4.16. The fraction of sp³-hybridized carbons (Fsp3) is 0.409. The van der Waals surface area contributed by atoms with E-state index in [4.69, 9.17) is 14.2 Å². The number of fused-ring (bicyclic) bond motifs is 1. The van der Waals surface area contributed by atoms with Gasteiger partial charge in [-0.2, -0.15) is 0 Å². The highest BCUT2D eigenvalue weighted by Crippen LogP contribution is 2.34. The summed E-state index contributed by atoms with van der Waals surface area (Å²) in [5, 5.41) is 3.61. The maximum absolute atomic E-state index is 11.7. The van der Waals surface area contributed by atoms with E-state index in [0.717, 1.165) is 28.4 Å². The van der Waals surface area contributed by atoms with Crippen molar-refractivity contribution in [2.45, 2.75) is 33.4 Å². The molecule has 1 heterocycles. The van der Waals surface area contributed by atoms with Crippen LogP contribution in [0.5, 0.6) is 17.2 Å². The topological polar surface area (TPSA) is 56.8 Å². The molecule has 3 rings (SSSR count). The van der Waals surface area contributed by atoms with E-state index in [0.29, 0.717) is 31.2 Å². The van der Waals surface area contributed by atoms with Gasteiger partial charge in [-0.3, -0.25) is 4.79 Å². The molecule has 2 aromatic carbocycles. The Balaban J connectivity index is 1.82. The van der Waals surface area contributed by atoms with Gasteiger partial charge < -0.3 is 19.5 Å². The standard InChI is InChI=1S/C22H27NO4/c1-14(2)22(17-6-8-20-21(12-17)27-10-9-26-20)23-13-18-11-16(15(3)24)5-7-19(18)25-4/h5-8,11-12,14,22-23H,9-10,13H2,1-4H3. The molecule has 0 saturated carbocycles. The second-order valence-electron chi connectivity index (χ2n) is 7.09. The van der Waals surface area contributed by atoms with Crippen LogP contribution < -0.4 is 19.5 Å². The van der Waals surface area contributed by atoms with Crippen LogP contribution in [0.15, 0.2) is 36.4 Å². The monoisotopic (exact) mass is 369 g/mol. The average Bonchev–Trinajstić information content (AvgIpc) is 2.67. The van der Waals surface area contributed by atoms with Crippen LogP contribution in [0.1, 0.15) is 48.3 Å². The predicted molar refractivity (Wildman–Crippen MR) is 105 cm³/mol. The molecule has 1 aliphatic heterocycles. The molecule has 0 spiro atoms. The molecule has 5 nitrogen and oxygen atoms in total. The highest BCUT2D eigenvalue weighted by atomic mass is 16.6. The molecule has 0 saturated heterocycles. The molecular formula is C22H27NO4. The minimum absolute atomic E-state index is 0.0474. The van der Waals surface area contributed by atoms with Crippen LogP contribution in [-0.2, 0) is 6.54 Å². The molecule has 1 unspecified atom stereocenters. The number of benzene rings is 2. The number of ketones is 1. The van der Waals surface area contributed by atoms with Crippen LogP contribution in [0.25, 0.3) is 0 Å². The van der Waals surface area contributed by atoms with E-state index in [9.17, 15) is 4.79 Å². The van der Waals surface area contributed by atoms with Crippen LogP contribution in [0.4, 0.5) is 0 Å². The van der Waals surface area contributed by atoms with Gasteiger partial charge in [-0.1, -0.05) is 19.9 Å². The van der Waals surface area contributed by atoms with Gasteiger partial charge >= 0.3 is 0 Å². The van der Waals surface area contributed by atoms with Gasteiger partial charge in [-0.25, -0.2) is 0 Å². The fourth-order valence-electron chi connectivity index (χ4n) is 3.35. The fourth-order valence-corrected chi connectivity index (χ4v) is 3.35. The van der Waals surface area contributed by atoms with Crippen LogP contribution >= 0.6 is 0 Å². The highest BCUT2D eigenvalue weighted by Gasteiger charge is 2.20. The number of rotatable bonds is 7. The SMILES string of the molecule is COc1ccc(C(C)=O)cc1CNC(c1ccc2c(c1)OCCO2)C(C)C. The van der Waals surface area contributed by atoms with Gasteiger partial charge in [0.1, 0.15) is 19.0 Å². The number of nitrogens with one attached hydrogen (secondary N) is 1. The lowest BCUT2D eigenvalue weighted by atomic mass is 9.95. The molecule has 5 heteroatoms. The molecule has 0 bridgehead atoms. The largest absolute Gasteiger partial charge is 0.496 e. The summed E-state index contributed by atoms with van der Waals surface area (Å²) in [7, 11) is 1.65. The Labute approximate surface area is 160 Å². The van der Waals surface area contributed by atoms with Crippen LogP contribution in [0, 0.1) is 5.92 Å². The molecule has 144 valence electrons. The second-order valence-corrected chi connectivity index (χ2v) is 7.09. The Bertz CT molecular complexity index is 816. The van der Waals surface area contributed by atoms with Crippen LogP contribution in [0.2, 0.25) is 0 Å². The van der Waals surface area contributed by atoms with Crippen molar-refractivity contribution in [2.75, 3.05) is 20.3 Å². The Morgan fingerprint density at radius 3 is 2.52 bits per heavy atom. The zero-order chi connectivity index (χ0) is 19.4. The lowest BCUT2D eigenvalue weighted by molar-refractivity contribution is 0.101. The lowest BCUT2D eigenvalue weighted by Gasteiger charge is -2.26. The van der Waals surface area contributed by atoms with E-state index >= 15 is 0 Å². The van der Waals surface area contributed by atoms with Crippen molar-refractivity contribution in [3.05, 3.63) is 53.1 Å². The van der Waals surface area contributed by atoms with E-state index in [2.05, 4.69) is 31.3 Å². The molecule has 27 heavy (non-hydrogen) atoms. The van der Waals surface area contributed by atoms with Crippen LogP contribution in [0.3, 0.4) is 0 Å². The van der Waals surface area contributed by atoms with Gasteiger partial charge in [0, 0.05) is 23.7 Å². The zero-order valence-electron chi connectivity index (χ0n) is 16.4. The Kier molecular flexibility index (Phi) is 6.01. The summed E-state index contributed by atoms with van der Waals surface area (Å²) in [5.41, 5.74) is 2.80. The molecule has 0 aliphatic carbocycles. The number of hydrogen-bond acceptors (Lipinski definition) is 5. The first-order valence-electron chi connectivity index (χ1n) is 9.30. The number of carbonyl (C=O) groups excluding carboxylic acids is 1. The summed E-state index contributed by atoms with van der Waals surface area (Å²) in [6.07, 6.45) is 0. The summed E-state index contributed by atoms with van der Waals surface area (Å²) < 4.78 is 16.8. The van der Waals surface area contributed by atoms with Gasteiger partial charge in [0.25, 0.3) is 0 Å². The average molecular weight is 369 g/mol. The molecule has 0 radical (unpaired) electrons. The molecular weight excluding hydrogens is 342 g/mol. The quantitative estimate of drug-likeness (QED) is 0.743. The number of carbonyl (C=O) groups is 1. The third kappa shape index (κ3) is 4.42. The number of methoxy groups -OCH3 is 1. The first kappa shape index (κ1) is 19.2. The summed E-state index contributed by atoms with van der Waals surface area (Å²) in [5.74, 6) is 2.78. The maximum atomic E-state index is 11.7. The smallest absolute Gasteiger partial charge is 0.161 e. The van der Waals surface area contributed by atoms with Crippen molar-refractivity contribution in [3.8, 4) is 17.2 Å². The van der Waals surface area contributed by atoms with Crippen molar-refractivity contribution in [1.29, 1.82) is 0 Å². The van der Waals surface area contributed by atoms with Gasteiger partial charge in [0.05, 0.1) is 7.11 Å². The normalized spacial score (nSPS) is 14.1. The third-order valence-corrected chi connectivity index (χ3v) is 4.79. The minimum Gasteiger partial charge on any atom is -0.496 e. The van der Waals surface area contributed by atoms with Gasteiger partial charge in [0.15, 0.2) is 17.3 Å². The molecule has 0 amide bonds. The Hall–Kier alpha value is -2.53. The molecule has 1 aliphatic rings. The molecule has 1 N–H and O–H groups in total. The number of Topliss-reactive ketones (excluding diaryl/α,β-unsaturated/α-hetero) is 1. The van der Waals surface area contributed by atoms with E-state index in [-0.39, 0.29) is 11.8 Å². The van der Waals surface area contributed by atoms with Gasteiger partial charge in [0.2, 0.25) is 0 Å². The second kappa shape index (κ2) is 8.44. The highest BCUT2D eigenvalue weighted by molar-refractivity contribution is 5.94. The van der Waals surface area contributed by atoms with E-state index in [1.54, 1.807) is 20.1 Å². The van der Waals surface area contributed by atoms with E-state index in [1.807, 2.05) is 18.2 Å². The zero-order valence-corrected chi connectivity index (χ0v) is 16.4. The van der Waals surface area contributed by atoms with Gasteiger partial charge in [-0.05, 0) is 48.7 Å². The first-order valence-corrected chi connectivity index (χ1v) is 9.30. The van der Waals surface area contributed by atoms with Crippen molar-refractivity contribution in [2.24, 2.45) is 5.92 Å². The first-order chi connectivity index (χ1) is 13.0. The Morgan fingerprint density at radius 1 is 1.11 bits per heavy atom. The van der Waals surface area contributed by atoms with Crippen molar-refractivity contribution in [1.82, 2.24) is 5.32 Å². The summed E-state index contributed by atoms with van der Waals surface area (Å²) >= 11 is 0. The minimum atomic E-state index is 0.0474. The molecule has 0 aromatic heterocycles. The van der Waals surface area contributed by atoms with Crippen molar-refractivity contribution < 1.29 is 19.0 Å². The summed E-state index contributed by atoms with van der Waals surface area (Å²) in [6.45, 7) is 7.69. The van der Waals surface area contributed by atoms with Gasteiger partial charge in [-0.15, -0.1) is 0 Å². The third-order valence-electron chi connectivity index (χ3n) is 4.79. The van der Waals surface area contributed by atoms with E-state index in [1.165, 1.54) is 0 Å². The molecule has 1 atom stereocenters. The summed E-state index contributed by atoms with van der Waals surface area (Å²) in [4.78, 5) is 11.7. The number of ether oxygens (including phenoxy) is 3. The lowest BCUT2D eigenvalue weighted by Crippen LogP contribution is -2.26. The molecule has 0 fully saturated rings. The molecule has 2 aromatic rings.